The van der Waals surface area contributed by atoms with Gasteiger partial charge in [0, 0.05) is 0 Å². The number of hydrogen-bond donors (Lipinski definition) is 0. The number of carbonyl (C=O) groups is 1. The Bertz CT molecular complexity index is 536. The Labute approximate surface area is 108 Å². The first-order valence-corrected chi connectivity index (χ1v) is 6.14. The highest BCUT2D eigenvalue weighted by Gasteiger charge is 1.97. The Morgan fingerprint density at radius 2 is 1.56 bits per heavy atom. The predicted octanol–water partition coefficient (Wildman–Crippen LogP) is 4.35. The predicted molar refractivity (Wildman–Crippen MR) is 76.2 cm³/mol. The maximum absolute atomic E-state index is 10.8. The van der Waals surface area contributed by atoms with E-state index in [1.165, 1.54) is 11.1 Å². The van der Waals surface area contributed by atoms with Crippen molar-refractivity contribution < 1.29 is 4.79 Å². The van der Waals surface area contributed by atoms with E-state index in [1.54, 1.807) is 0 Å². The van der Waals surface area contributed by atoms with Crippen molar-refractivity contribution in [2.75, 3.05) is 0 Å². The molecule has 2 aromatic carbocycles. The van der Waals surface area contributed by atoms with Gasteiger partial charge < -0.3 is 0 Å². The number of allylic oxidation sites excluding steroid dienone is 1. The molecule has 0 aliphatic carbocycles. The van der Waals surface area contributed by atoms with Crippen molar-refractivity contribution in [2.24, 2.45) is 0 Å². The summed E-state index contributed by atoms with van der Waals surface area (Å²) in [5.41, 5.74) is 4.29. The van der Waals surface area contributed by atoms with Gasteiger partial charge in [-0.25, -0.2) is 0 Å². The first-order chi connectivity index (χ1) is 8.83. The van der Waals surface area contributed by atoms with Gasteiger partial charge in [0.25, 0.3) is 0 Å². The van der Waals surface area contributed by atoms with Crippen molar-refractivity contribution in [3.8, 4) is 11.1 Å². The third-order valence-corrected chi connectivity index (χ3v) is 2.93. The van der Waals surface area contributed by atoms with E-state index in [0.717, 1.165) is 23.8 Å². The minimum absolute atomic E-state index is 0.768. The molecule has 0 aliphatic heterocycles. The van der Waals surface area contributed by atoms with Crippen molar-refractivity contribution in [1.82, 2.24) is 0 Å². The molecule has 0 amide bonds. The van der Waals surface area contributed by atoms with Crippen LogP contribution in [-0.4, -0.2) is 6.29 Å². The highest BCUT2D eigenvalue weighted by Crippen LogP contribution is 2.20. The second-order valence-electron chi connectivity index (χ2n) is 4.18. The van der Waals surface area contributed by atoms with Gasteiger partial charge in [0.1, 0.15) is 6.29 Å². The molecule has 0 aliphatic rings. The standard InChI is InChI=1S/C17H16O/c1-2-14(13-18)12-15-8-10-17(11-9-15)16-6-4-3-5-7-16/h3-13H,2H2,1H3. The fourth-order valence-electron chi connectivity index (χ4n) is 1.84. The van der Waals surface area contributed by atoms with Gasteiger partial charge in [-0.2, -0.15) is 0 Å². The van der Waals surface area contributed by atoms with Crippen LogP contribution in [0.4, 0.5) is 0 Å². The summed E-state index contributed by atoms with van der Waals surface area (Å²) in [7, 11) is 0. The van der Waals surface area contributed by atoms with E-state index in [1.807, 2.05) is 43.3 Å². The zero-order chi connectivity index (χ0) is 12.8. The molecular weight excluding hydrogens is 220 g/mol. The van der Waals surface area contributed by atoms with E-state index < -0.39 is 0 Å². The number of benzene rings is 2. The van der Waals surface area contributed by atoms with E-state index in [9.17, 15) is 4.79 Å². The van der Waals surface area contributed by atoms with Crippen LogP contribution in [0.15, 0.2) is 60.2 Å². The molecule has 1 heteroatoms. The lowest BCUT2D eigenvalue weighted by atomic mass is 10.0. The quantitative estimate of drug-likeness (QED) is 0.570. The third kappa shape index (κ3) is 2.95. The highest BCUT2D eigenvalue weighted by molar-refractivity contribution is 5.81. The fraction of sp³-hybridized carbons (Fsp3) is 0.118. The number of hydrogen-bond acceptors (Lipinski definition) is 1. The van der Waals surface area contributed by atoms with E-state index in [0.29, 0.717) is 0 Å². The number of carbonyl (C=O) groups excluding carboxylic acids is 1. The van der Waals surface area contributed by atoms with E-state index in [4.69, 9.17) is 0 Å². The first kappa shape index (κ1) is 12.3. The van der Waals surface area contributed by atoms with Crippen molar-refractivity contribution in [2.45, 2.75) is 13.3 Å². The van der Waals surface area contributed by atoms with Crippen LogP contribution in [0.3, 0.4) is 0 Å². The Morgan fingerprint density at radius 1 is 0.944 bits per heavy atom. The number of aldehydes is 1. The van der Waals surface area contributed by atoms with Gasteiger partial charge in [-0.3, -0.25) is 4.79 Å². The maximum atomic E-state index is 10.8. The molecule has 2 rings (SSSR count). The molecule has 0 saturated heterocycles. The zero-order valence-corrected chi connectivity index (χ0v) is 10.5. The van der Waals surface area contributed by atoms with Gasteiger partial charge in [0.05, 0.1) is 0 Å². The Hall–Kier alpha value is -2.15. The molecule has 0 spiro atoms. The summed E-state index contributed by atoms with van der Waals surface area (Å²) in [5, 5.41) is 0. The SMILES string of the molecule is CCC(C=O)=Cc1ccc(-c2ccccc2)cc1. The summed E-state index contributed by atoms with van der Waals surface area (Å²) in [6, 6.07) is 18.5. The summed E-state index contributed by atoms with van der Waals surface area (Å²) >= 11 is 0. The normalized spacial score (nSPS) is 11.3. The molecule has 0 fully saturated rings. The minimum Gasteiger partial charge on any atom is -0.298 e. The molecule has 0 bridgehead atoms. The first-order valence-electron chi connectivity index (χ1n) is 6.14. The van der Waals surface area contributed by atoms with Crippen LogP contribution in [0.1, 0.15) is 18.9 Å². The van der Waals surface area contributed by atoms with Crippen LogP contribution in [0.5, 0.6) is 0 Å². The molecular formula is C17H16O. The minimum atomic E-state index is 0.768. The molecule has 1 nitrogen and oxygen atoms in total. The van der Waals surface area contributed by atoms with Crippen molar-refractivity contribution in [1.29, 1.82) is 0 Å². The van der Waals surface area contributed by atoms with Gasteiger partial charge in [-0.05, 0) is 34.8 Å². The molecule has 0 atom stereocenters. The second kappa shape index (κ2) is 5.97. The van der Waals surface area contributed by atoms with Crippen molar-refractivity contribution >= 4 is 12.4 Å². The van der Waals surface area contributed by atoms with E-state index >= 15 is 0 Å². The lowest BCUT2D eigenvalue weighted by Gasteiger charge is -2.02. The maximum Gasteiger partial charge on any atom is 0.146 e. The molecule has 0 radical (unpaired) electrons. The van der Waals surface area contributed by atoms with Crippen LogP contribution >= 0.6 is 0 Å². The Kier molecular flexibility index (Phi) is 4.08. The Morgan fingerprint density at radius 3 is 2.11 bits per heavy atom. The fourth-order valence-corrected chi connectivity index (χ4v) is 1.84. The highest BCUT2D eigenvalue weighted by atomic mass is 16.1. The van der Waals surface area contributed by atoms with E-state index in [-0.39, 0.29) is 0 Å². The van der Waals surface area contributed by atoms with Crippen LogP contribution < -0.4 is 0 Å². The second-order valence-corrected chi connectivity index (χ2v) is 4.18. The van der Waals surface area contributed by atoms with E-state index in [2.05, 4.69) is 24.3 Å². The largest absolute Gasteiger partial charge is 0.298 e. The number of rotatable bonds is 4. The van der Waals surface area contributed by atoms with Gasteiger partial charge >= 0.3 is 0 Å². The molecule has 0 N–H and O–H groups in total. The summed E-state index contributed by atoms with van der Waals surface area (Å²) < 4.78 is 0. The zero-order valence-electron chi connectivity index (χ0n) is 10.5. The van der Waals surface area contributed by atoms with Crippen LogP contribution in [0.2, 0.25) is 0 Å². The third-order valence-electron chi connectivity index (χ3n) is 2.93. The van der Waals surface area contributed by atoms with Crippen LogP contribution in [-0.2, 0) is 4.79 Å². The summed E-state index contributed by atoms with van der Waals surface area (Å²) in [6.07, 6.45) is 3.62. The molecule has 2 aromatic rings. The Balaban J connectivity index is 2.26. The monoisotopic (exact) mass is 236 g/mol. The molecule has 0 saturated carbocycles. The molecule has 0 heterocycles. The smallest absolute Gasteiger partial charge is 0.146 e. The molecule has 90 valence electrons. The van der Waals surface area contributed by atoms with Gasteiger partial charge in [-0.1, -0.05) is 61.5 Å². The average molecular weight is 236 g/mol. The van der Waals surface area contributed by atoms with Crippen molar-refractivity contribution in [3.05, 3.63) is 65.7 Å². The van der Waals surface area contributed by atoms with Gasteiger partial charge in [-0.15, -0.1) is 0 Å². The van der Waals surface area contributed by atoms with Crippen LogP contribution in [0, 0.1) is 0 Å². The summed E-state index contributed by atoms with van der Waals surface area (Å²) in [6.45, 7) is 1.98. The van der Waals surface area contributed by atoms with Crippen molar-refractivity contribution in [3.63, 3.8) is 0 Å². The summed E-state index contributed by atoms with van der Waals surface area (Å²) in [5.74, 6) is 0. The lowest BCUT2D eigenvalue weighted by Crippen LogP contribution is -1.83. The van der Waals surface area contributed by atoms with Gasteiger partial charge in [0.2, 0.25) is 0 Å². The molecule has 0 unspecified atom stereocenters. The topological polar surface area (TPSA) is 17.1 Å². The summed E-state index contributed by atoms with van der Waals surface area (Å²) in [4.78, 5) is 10.8. The average Bonchev–Trinajstić information content (AvgIpc) is 2.46. The molecule has 0 aromatic heterocycles. The van der Waals surface area contributed by atoms with Crippen LogP contribution in [0.25, 0.3) is 17.2 Å². The van der Waals surface area contributed by atoms with Gasteiger partial charge in [0.15, 0.2) is 0 Å². The molecule has 18 heavy (non-hydrogen) atoms. The lowest BCUT2D eigenvalue weighted by molar-refractivity contribution is -0.104.